The van der Waals surface area contributed by atoms with Crippen LogP contribution in [0, 0.1) is 0 Å². The Balaban J connectivity index is 2.40. The lowest BCUT2D eigenvalue weighted by molar-refractivity contribution is -0.114. The molecule has 3 N–H and O–H groups in total. The lowest BCUT2D eigenvalue weighted by atomic mass is 10.1. The van der Waals surface area contributed by atoms with Gasteiger partial charge in [0.05, 0.1) is 0 Å². The summed E-state index contributed by atoms with van der Waals surface area (Å²) in [6.45, 7) is 9.28. The van der Waals surface area contributed by atoms with Crippen LogP contribution in [0.15, 0.2) is 29.3 Å². The number of carbonyl (C=O) groups excluding carboxylic acids is 1. The molecule has 0 spiro atoms. The van der Waals surface area contributed by atoms with E-state index in [0.717, 1.165) is 51.3 Å². The monoisotopic (exact) mass is 348 g/mol. The first-order chi connectivity index (χ1) is 12.2. The van der Waals surface area contributed by atoms with Gasteiger partial charge in [-0.15, -0.1) is 0 Å². The molecule has 0 saturated heterocycles. The normalized spacial score (nSPS) is 11.2. The Hall–Kier alpha value is -2.08. The number of hydrogen-bond donors (Lipinski definition) is 3. The molecule has 0 aromatic heterocycles. The molecular formula is C19H32N4O2. The van der Waals surface area contributed by atoms with Crippen molar-refractivity contribution in [2.45, 2.75) is 40.0 Å². The number of carbonyl (C=O) groups is 1. The van der Waals surface area contributed by atoms with Crippen molar-refractivity contribution in [1.82, 2.24) is 10.6 Å². The SMILES string of the molecule is CCNC(=NCC(=O)Nc1cccc(CC)c1)NCCCCOCC. The third-order valence-electron chi connectivity index (χ3n) is 3.56. The molecule has 1 rings (SSSR count). The van der Waals surface area contributed by atoms with E-state index < -0.39 is 0 Å². The summed E-state index contributed by atoms with van der Waals surface area (Å²) in [6, 6.07) is 7.88. The average molecular weight is 348 g/mol. The van der Waals surface area contributed by atoms with Crippen LogP contribution in [0.1, 0.15) is 39.2 Å². The van der Waals surface area contributed by atoms with Gasteiger partial charge in [-0.25, -0.2) is 4.99 Å². The van der Waals surface area contributed by atoms with Gasteiger partial charge in [0.15, 0.2) is 5.96 Å². The van der Waals surface area contributed by atoms with Gasteiger partial charge in [0, 0.05) is 32.0 Å². The number of nitrogens with one attached hydrogen (secondary N) is 3. The zero-order valence-corrected chi connectivity index (χ0v) is 15.7. The summed E-state index contributed by atoms with van der Waals surface area (Å²) in [7, 11) is 0. The molecule has 0 unspecified atom stereocenters. The molecule has 0 aliphatic heterocycles. The first-order valence-electron chi connectivity index (χ1n) is 9.18. The van der Waals surface area contributed by atoms with Crippen LogP contribution >= 0.6 is 0 Å². The molecule has 6 nitrogen and oxygen atoms in total. The van der Waals surface area contributed by atoms with Gasteiger partial charge >= 0.3 is 0 Å². The molecule has 6 heteroatoms. The Bertz CT molecular complexity index is 532. The molecular weight excluding hydrogens is 316 g/mol. The predicted molar refractivity (Wildman–Crippen MR) is 104 cm³/mol. The molecule has 0 aliphatic rings. The molecule has 0 heterocycles. The number of benzene rings is 1. The second-order valence-corrected chi connectivity index (χ2v) is 5.63. The third-order valence-corrected chi connectivity index (χ3v) is 3.56. The van der Waals surface area contributed by atoms with Crippen molar-refractivity contribution in [3.05, 3.63) is 29.8 Å². The van der Waals surface area contributed by atoms with Crippen molar-refractivity contribution >= 4 is 17.6 Å². The van der Waals surface area contributed by atoms with Crippen molar-refractivity contribution in [3.8, 4) is 0 Å². The van der Waals surface area contributed by atoms with Gasteiger partial charge in [-0.2, -0.15) is 0 Å². The number of unbranched alkanes of at least 4 members (excludes halogenated alkanes) is 1. The largest absolute Gasteiger partial charge is 0.382 e. The van der Waals surface area contributed by atoms with Crippen molar-refractivity contribution in [2.24, 2.45) is 4.99 Å². The zero-order valence-electron chi connectivity index (χ0n) is 15.7. The summed E-state index contributed by atoms with van der Waals surface area (Å²) in [5, 5.41) is 9.27. The van der Waals surface area contributed by atoms with Crippen molar-refractivity contribution in [2.75, 3.05) is 38.2 Å². The fourth-order valence-corrected chi connectivity index (χ4v) is 2.24. The first kappa shape index (κ1) is 21.0. The molecule has 0 aliphatic carbocycles. The van der Waals surface area contributed by atoms with E-state index >= 15 is 0 Å². The highest BCUT2D eigenvalue weighted by Crippen LogP contribution is 2.10. The van der Waals surface area contributed by atoms with Crippen molar-refractivity contribution in [3.63, 3.8) is 0 Å². The number of guanidine groups is 1. The topological polar surface area (TPSA) is 74.8 Å². The maximum atomic E-state index is 12.1. The van der Waals surface area contributed by atoms with Gasteiger partial charge in [0.2, 0.25) is 5.91 Å². The Morgan fingerprint density at radius 2 is 2.00 bits per heavy atom. The van der Waals surface area contributed by atoms with E-state index in [2.05, 4.69) is 27.9 Å². The zero-order chi connectivity index (χ0) is 18.3. The minimum atomic E-state index is -0.123. The van der Waals surface area contributed by atoms with Crippen molar-refractivity contribution < 1.29 is 9.53 Å². The number of aryl methyl sites for hydroxylation is 1. The number of hydrogen-bond acceptors (Lipinski definition) is 3. The highest BCUT2D eigenvalue weighted by atomic mass is 16.5. The second-order valence-electron chi connectivity index (χ2n) is 5.63. The number of anilines is 1. The molecule has 0 atom stereocenters. The van der Waals surface area contributed by atoms with E-state index in [-0.39, 0.29) is 12.5 Å². The Labute approximate surface area is 151 Å². The number of aliphatic imine (C=N–C) groups is 1. The molecule has 0 saturated carbocycles. The number of ether oxygens (including phenoxy) is 1. The fraction of sp³-hybridized carbons (Fsp3) is 0.579. The molecule has 1 aromatic rings. The highest BCUT2D eigenvalue weighted by Gasteiger charge is 2.03. The summed E-state index contributed by atoms with van der Waals surface area (Å²) >= 11 is 0. The van der Waals surface area contributed by atoms with Crippen LogP contribution in [0.3, 0.4) is 0 Å². The summed E-state index contributed by atoms with van der Waals surface area (Å²) in [6.07, 6.45) is 2.95. The molecule has 1 amide bonds. The molecule has 0 bridgehead atoms. The van der Waals surface area contributed by atoms with Crippen LogP contribution in [-0.2, 0) is 16.0 Å². The van der Waals surface area contributed by atoms with Crippen LogP contribution in [0.25, 0.3) is 0 Å². The minimum Gasteiger partial charge on any atom is -0.382 e. The Kier molecular flexibility index (Phi) is 11.1. The maximum absolute atomic E-state index is 12.1. The third kappa shape index (κ3) is 9.72. The summed E-state index contributed by atoms with van der Waals surface area (Å²) in [5.74, 6) is 0.540. The smallest absolute Gasteiger partial charge is 0.246 e. The van der Waals surface area contributed by atoms with Gasteiger partial charge in [-0.3, -0.25) is 4.79 Å². The van der Waals surface area contributed by atoms with E-state index in [4.69, 9.17) is 4.74 Å². The first-order valence-corrected chi connectivity index (χ1v) is 9.18. The van der Waals surface area contributed by atoms with Gasteiger partial charge < -0.3 is 20.7 Å². The number of nitrogens with zero attached hydrogens (tertiary/aromatic N) is 1. The highest BCUT2D eigenvalue weighted by molar-refractivity contribution is 5.94. The lowest BCUT2D eigenvalue weighted by Gasteiger charge is -2.11. The van der Waals surface area contributed by atoms with Gasteiger partial charge in [0.1, 0.15) is 6.54 Å². The Morgan fingerprint density at radius 1 is 1.16 bits per heavy atom. The van der Waals surface area contributed by atoms with Crippen LogP contribution in [0.2, 0.25) is 0 Å². The number of rotatable bonds is 11. The quantitative estimate of drug-likeness (QED) is 0.326. The van der Waals surface area contributed by atoms with E-state index in [1.165, 1.54) is 5.56 Å². The minimum absolute atomic E-state index is 0.0879. The van der Waals surface area contributed by atoms with Crippen LogP contribution in [0.4, 0.5) is 5.69 Å². The standard InChI is InChI=1S/C19H32N4O2/c1-4-16-10-9-11-17(14-16)23-18(24)15-22-19(20-5-2)21-12-7-8-13-25-6-3/h9-11,14H,4-8,12-13,15H2,1-3H3,(H,23,24)(H2,20,21,22). The maximum Gasteiger partial charge on any atom is 0.246 e. The van der Waals surface area contributed by atoms with E-state index in [1.54, 1.807) is 0 Å². The van der Waals surface area contributed by atoms with E-state index in [9.17, 15) is 4.79 Å². The summed E-state index contributed by atoms with van der Waals surface area (Å²) in [4.78, 5) is 16.4. The van der Waals surface area contributed by atoms with Crippen LogP contribution < -0.4 is 16.0 Å². The van der Waals surface area contributed by atoms with Crippen LogP contribution in [-0.4, -0.2) is 44.7 Å². The molecule has 0 radical (unpaired) electrons. The second kappa shape index (κ2) is 13.2. The predicted octanol–water partition coefficient (Wildman–Crippen LogP) is 2.56. The van der Waals surface area contributed by atoms with E-state index in [1.807, 2.05) is 38.1 Å². The Morgan fingerprint density at radius 3 is 2.72 bits per heavy atom. The lowest BCUT2D eigenvalue weighted by Crippen LogP contribution is -2.38. The fourth-order valence-electron chi connectivity index (χ4n) is 2.24. The average Bonchev–Trinajstić information content (AvgIpc) is 2.62. The van der Waals surface area contributed by atoms with Gasteiger partial charge in [-0.05, 0) is 50.8 Å². The summed E-state index contributed by atoms with van der Waals surface area (Å²) in [5.41, 5.74) is 2.01. The van der Waals surface area contributed by atoms with Crippen LogP contribution in [0.5, 0.6) is 0 Å². The van der Waals surface area contributed by atoms with E-state index in [0.29, 0.717) is 5.96 Å². The van der Waals surface area contributed by atoms with Gasteiger partial charge in [-0.1, -0.05) is 19.1 Å². The molecule has 0 fully saturated rings. The van der Waals surface area contributed by atoms with Gasteiger partial charge in [0.25, 0.3) is 0 Å². The molecule has 140 valence electrons. The number of amides is 1. The summed E-state index contributed by atoms with van der Waals surface area (Å²) < 4.78 is 5.31. The molecule has 1 aromatic carbocycles. The molecule has 25 heavy (non-hydrogen) atoms. The van der Waals surface area contributed by atoms with Crippen molar-refractivity contribution in [1.29, 1.82) is 0 Å².